The highest BCUT2D eigenvalue weighted by atomic mass is 15.0. The number of benzene rings is 7. The lowest BCUT2D eigenvalue weighted by Crippen LogP contribution is -1.99. The third kappa shape index (κ3) is 4.31. The van der Waals surface area contributed by atoms with Gasteiger partial charge in [0.1, 0.15) is 0 Å². The number of fused-ring (bicyclic) bond motifs is 6. The summed E-state index contributed by atoms with van der Waals surface area (Å²) in [5.74, 6) is 0. The number of nitrogens with zero attached hydrogens (tertiary/aromatic N) is 5. The lowest BCUT2D eigenvalue weighted by Gasteiger charge is -2.17. The summed E-state index contributed by atoms with van der Waals surface area (Å²) in [6.07, 6.45) is 0. The van der Waals surface area contributed by atoms with Crippen molar-refractivity contribution in [3.8, 4) is 45.8 Å². The first kappa shape index (κ1) is 28.8. The van der Waals surface area contributed by atoms with Crippen LogP contribution >= 0.6 is 0 Å². The van der Waals surface area contributed by atoms with Gasteiger partial charge < -0.3 is 9.13 Å². The summed E-state index contributed by atoms with van der Waals surface area (Å²) in [6, 6.07) is 55.4. The van der Waals surface area contributed by atoms with E-state index in [1.54, 1.807) is 6.07 Å². The minimum atomic E-state index is 0.475. The first-order valence-electron chi connectivity index (χ1n) is 16.3. The molecule has 0 spiro atoms. The molecule has 7 aromatic carbocycles. The second kappa shape index (κ2) is 11.4. The van der Waals surface area contributed by atoms with Crippen LogP contribution in [0, 0.1) is 29.2 Å². The Bertz CT molecular complexity index is 2900. The Morgan fingerprint density at radius 2 is 1.08 bits per heavy atom. The normalized spacial score (nSPS) is 11.1. The molecule has 0 aliphatic rings. The van der Waals surface area contributed by atoms with Crippen LogP contribution < -0.4 is 0 Å². The highest BCUT2D eigenvalue weighted by molar-refractivity contribution is 6.11. The molecule has 0 amide bonds. The van der Waals surface area contributed by atoms with E-state index in [9.17, 15) is 10.5 Å². The zero-order valence-corrected chi connectivity index (χ0v) is 26.7. The van der Waals surface area contributed by atoms with Gasteiger partial charge in [-0.25, -0.2) is 4.85 Å². The maximum atomic E-state index is 10.5. The molecule has 2 heterocycles. The van der Waals surface area contributed by atoms with Gasteiger partial charge in [-0.2, -0.15) is 10.5 Å². The zero-order chi connectivity index (χ0) is 33.8. The van der Waals surface area contributed by atoms with Crippen LogP contribution in [0.2, 0.25) is 0 Å². The van der Waals surface area contributed by atoms with E-state index < -0.39 is 0 Å². The van der Waals surface area contributed by atoms with Crippen LogP contribution in [-0.4, -0.2) is 9.13 Å². The summed E-state index contributed by atoms with van der Waals surface area (Å²) in [5, 5.41) is 24.5. The van der Waals surface area contributed by atoms with E-state index in [1.807, 2.05) is 72.8 Å². The number of hydrogen-bond donors (Lipinski definition) is 0. The lowest BCUT2D eigenvalue weighted by atomic mass is 9.94. The number of aromatic nitrogens is 2. The molecular weight excluding hydrogens is 611 g/mol. The van der Waals surface area contributed by atoms with E-state index in [0.717, 1.165) is 60.8 Å². The monoisotopic (exact) mass is 635 g/mol. The fourth-order valence-corrected chi connectivity index (χ4v) is 7.41. The first-order valence-corrected chi connectivity index (χ1v) is 16.3. The molecule has 0 atom stereocenters. The standard InChI is InChI=1S/C45H25N5/c1-48-40-13-8-12-38(45(40)50-43-16-7-4-11-37(43)39-25-29(27-46)17-24-44(39)50)34-23-20-31(26-32(34)28-47)30-18-21-33(22-19-30)49-41-14-5-2-9-35(41)36-10-3-6-15-42(36)49/h2-26H. The van der Waals surface area contributed by atoms with Crippen molar-refractivity contribution in [1.29, 1.82) is 10.5 Å². The van der Waals surface area contributed by atoms with Crippen LogP contribution in [0.4, 0.5) is 5.69 Å². The van der Waals surface area contributed by atoms with Crippen LogP contribution in [-0.2, 0) is 0 Å². The minimum absolute atomic E-state index is 0.475. The van der Waals surface area contributed by atoms with E-state index in [2.05, 4.69) is 98.9 Å². The topological polar surface area (TPSA) is 61.8 Å². The van der Waals surface area contributed by atoms with Crippen molar-refractivity contribution in [3.63, 3.8) is 0 Å². The third-order valence-corrected chi connectivity index (χ3v) is 9.63. The molecule has 0 fully saturated rings. The van der Waals surface area contributed by atoms with Gasteiger partial charge in [-0.1, -0.05) is 97.1 Å². The molecule has 0 aliphatic heterocycles. The third-order valence-electron chi connectivity index (χ3n) is 9.63. The van der Waals surface area contributed by atoms with E-state index >= 15 is 0 Å². The van der Waals surface area contributed by atoms with Gasteiger partial charge in [0, 0.05) is 32.8 Å². The van der Waals surface area contributed by atoms with Gasteiger partial charge in [-0.15, -0.1) is 0 Å². The molecule has 0 radical (unpaired) electrons. The van der Waals surface area contributed by atoms with Gasteiger partial charge in [0.15, 0.2) is 0 Å². The van der Waals surface area contributed by atoms with Crippen molar-refractivity contribution >= 4 is 49.3 Å². The number of nitriles is 2. The second-order valence-corrected chi connectivity index (χ2v) is 12.3. The average molecular weight is 636 g/mol. The van der Waals surface area contributed by atoms with E-state index in [4.69, 9.17) is 6.57 Å². The number of rotatable bonds is 4. The van der Waals surface area contributed by atoms with E-state index in [1.165, 1.54) is 10.8 Å². The van der Waals surface area contributed by atoms with Gasteiger partial charge >= 0.3 is 0 Å². The van der Waals surface area contributed by atoms with Crippen LogP contribution in [0.1, 0.15) is 11.1 Å². The molecule has 0 unspecified atom stereocenters. The van der Waals surface area contributed by atoms with Crippen LogP contribution in [0.3, 0.4) is 0 Å². The predicted molar refractivity (Wildman–Crippen MR) is 202 cm³/mol. The smallest absolute Gasteiger partial charge is 0.211 e. The predicted octanol–water partition coefficient (Wildman–Crippen LogP) is 11.5. The lowest BCUT2D eigenvalue weighted by molar-refractivity contribution is 1.18. The summed E-state index contributed by atoms with van der Waals surface area (Å²) in [7, 11) is 0. The fraction of sp³-hybridized carbons (Fsp3) is 0. The van der Waals surface area contributed by atoms with Gasteiger partial charge in [0.25, 0.3) is 0 Å². The summed E-state index contributed by atoms with van der Waals surface area (Å²) in [5.41, 5.74) is 10.9. The fourth-order valence-electron chi connectivity index (χ4n) is 7.41. The Kier molecular flexibility index (Phi) is 6.56. The molecule has 230 valence electrons. The van der Waals surface area contributed by atoms with Crippen LogP contribution in [0.25, 0.3) is 82.1 Å². The first-order chi connectivity index (χ1) is 24.7. The van der Waals surface area contributed by atoms with E-state index in [0.29, 0.717) is 22.5 Å². The molecule has 0 N–H and O–H groups in total. The molecule has 0 saturated heterocycles. The summed E-state index contributed by atoms with van der Waals surface area (Å²) in [6.45, 7) is 8.13. The quantitative estimate of drug-likeness (QED) is 0.181. The zero-order valence-electron chi connectivity index (χ0n) is 26.7. The Labute approximate surface area is 288 Å². The van der Waals surface area contributed by atoms with Gasteiger partial charge in [-0.05, 0) is 71.3 Å². The molecule has 50 heavy (non-hydrogen) atoms. The second-order valence-electron chi connectivity index (χ2n) is 12.3. The minimum Gasteiger partial charge on any atom is -0.318 e. The number of hydrogen-bond acceptors (Lipinski definition) is 2. The van der Waals surface area contributed by atoms with Crippen molar-refractivity contribution in [1.82, 2.24) is 9.13 Å². The maximum absolute atomic E-state index is 10.5. The summed E-state index contributed by atoms with van der Waals surface area (Å²) in [4.78, 5) is 3.94. The molecule has 0 saturated carbocycles. The molecule has 5 nitrogen and oxygen atoms in total. The Morgan fingerprint density at radius 1 is 0.480 bits per heavy atom. The average Bonchev–Trinajstić information content (AvgIpc) is 3.70. The Hall–Kier alpha value is -7.39. The molecule has 9 aromatic rings. The molecular formula is C45H25N5. The largest absolute Gasteiger partial charge is 0.318 e. The molecule has 2 aromatic heterocycles. The van der Waals surface area contributed by atoms with Gasteiger partial charge in [0.2, 0.25) is 5.69 Å². The highest BCUT2D eigenvalue weighted by Crippen LogP contribution is 2.42. The van der Waals surface area contributed by atoms with Crippen LogP contribution in [0.5, 0.6) is 0 Å². The van der Waals surface area contributed by atoms with Crippen LogP contribution in [0.15, 0.2) is 152 Å². The molecule has 9 rings (SSSR count). The molecule has 0 bridgehead atoms. The maximum Gasteiger partial charge on any atom is 0.211 e. The van der Waals surface area contributed by atoms with Gasteiger partial charge in [0.05, 0.1) is 57.6 Å². The van der Waals surface area contributed by atoms with Crippen molar-refractivity contribution in [3.05, 3.63) is 174 Å². The van der Waals surface area contributed by atoms with Crippen molar-refractivity contribution in [2.45, 2.75) is 0 Å². The molecule has 5 heteroatoms. The number of para-hydroxylation sites is 4. The SMILES string of the molecule is [C-]#[N+]c1cccc(-c2ccc(-c3ccc(-n4c5ccccc5c5ccccc54)cc3)cc2C#N)c1-n1c2ccccc2c2cc(C#N)ccc21. The highest BCUT2D eigenvalue weighted by Gasteiger charge is 2.21. The molecule has 0 aliphatic carbocycles. The van der Waals surface area contributed by atoms with Crippen molar-refractivity contribution in [2.24, 2.45) is 0 Å². The van der Waals surface area contributed by atoms with Crippen molar-refractivity contribution < 1.29 is 0 Å². The Morgan fingerprint density at radius 3 is 1.72 bits per heavy atom. The summed E-state index contributed by atoms with van der Waals surface area (Å²) >= 11 is 0. The van der Waals surface area contributed by atoms with Crippen molar-refractivity contribution in [2.75, 3.05) is 0 Å². The van der Waals surface area contributed by atoms with Gasteiger partial charge in [-0.3, -0.25) is 0 Å². The van der Waals surface area contributed by atoms with E-state index in [-0.39, 0.29) is 0 Å². The Balaban J connectivity index is 1.18. The summed E-state index contributed by atoms with van der Waals surface area (Å²) < 4.78 is 4.39.